The first-order valence-electron chi connectivity index (χ1n) is 6.71. The average molecular weight is 279 g/mol. The molecule has 20 heavy (non-hydrogen) atoms. The molecule has 0 unspecified atom stereocenters. The van der Waals surface area contributed by atoms with E-state index in [9.17, 15) is 14.8 Å². The van der Waals surface area contributed by atoms with E-state index in [4.69, 9.17) is 0 Å². The van der Waals surface area contributed by atoms with E-state index in [1.54, 1.807) is 6.92 Å². The van der Waals surface area contributed by atoms with Gasteiger partial charge in [0.2, 0.25) is 0 Å². The minimum absolute atomic E-state index is 0.00127. The van der Waals surface area contributed by atoms with Crippen LogP contribution in [0.3, 0.4) is 0 Å². The molecule has 0 aliphatic rings. The van der Waals surface area contributed by atoms with Crippen molar-refractivity contribution in [2.75, 3.05) is 0 Å². The Hall–Kier alpha value is -1.88. The standard InChI is InChI=1S/C15H21NO4/c1-4-14(17)20-15(18)16(19)10-13-8-6-5-7-12(13)9-11(2)3/h5-8,11,19H,4,9-10H2,1-3H3. The Kier molecular flexibility index (Phi) is 6.18. The van der Waals surface area contributed by atoms with Crippen LogP contribution in [0.1, 0.15) is 38.3 Å². The Labute approximate surface area is 119 Å². The molecule has 110 valence electrons. The second-order valence-corrected chi connectivity index (χ2v) is 5.02. The molecule has 1 aromatic carbocycles. The summed E-state index contributed by atoms with van der Waals surface area (Å²) in [5, 5.41) is 10.1. The van der Waals surface area contributed by atoms with Crippen LogP contribution >= 0.6 is 0 Å². The normalized spacial score (nSPS) is 10.4. The number of esters is 1. The number of hydrogen-bond acceptors (Lipinski definition) is 4. The molecule has 0 saturated heterocycles. The van der Waals surface area contributed by atoms with Crippen LogP contribution in [-0.2, 0) is 22.5 Å². The summed E-state index contributed by atoms with van der Waals surface area (Å²) < 4.78 is 4.45. The molecule has 0 spiro atoms. The van der Waals surface area contributed by atoms with Gasteiger partial charge in [-0.05, 0) is 23.5 Å². The number of hydroxylamine groups is 2. The highest BCUT2D eigenvalue weighted by Gasteiger charge is 2.17. The number of carbonyl (C=O) groups is 2. The zero-order valence-electron chi connectivity index (χ0n) is 12.1. The monoisotopic (exact) mass is 279 g/mol. The van der Waals surface area contributed by atoms with Crippen molar-refractivity contribution in [1.29, 1.82) is 0 Å². The first kappa shape index (κ1) is 16.2. The zero-order chi connectivity index (χ0) is 15.1. The average Bonchev–Trinajstić information content (AvgIpc) is 2.40. The predicted octanol–water partition coefficient (Wildman–Crippen LogP) is 3.15. The molecule has 1 amide bonds. The number of amides is 1. The Bertz CT molecular complexity index is 471. The molecule has 0 aliphatic carbocycles. The Balaban J connectivity index is 2.72. The van der Waals surface area contributed by atoms with E-state index < -0.39 is 12.1 Å². The molecule has 1 N–H and O–H groups in total. The summed E-state index contributed by atoms with van der Waals surface area (Å²) >= 11 is 0. The number of nitrogens with zero attached hydrogens (tertiary/aromatic N) is 1. The van der Waals surface area contributed by atoms with Crippen LogP contribution in [0.4, 0.5) is 4.79 Å². The fourth-order valence-electron chi connectivity index (χ4n) is 1.80. The van der Waals surface area contributed by atoms with Gasteiger partial charge in [-0.25, -0.2) is 4.79 Å². The van der Waals surface area contributed by atoms with E-state index in [0.29, 0.717) is 11.0 Å². The second kappa shape index (κ2) is 7.65. The Morgan fingerprint density at radius 2 is 1.85 bits per heavy atom. The number of rotatable bonds is 5. The lowest BCUT2D eigenvalue weighted by Gasteiger charge is -2.17. The van der Waals surface area contributed by atoms with Crippen LogP contribution in [0.5, 0.6) is 0 Å². The fraction of sp³-hybridized carbons (Fsp3) is 0.467. The maximum atomic E-state index is 11.5. The summed E-state index contributed by atoms with van der Waals surface area (Å²) in [6.07, 6.45) is -0.104. The molecule has 1 aromatic rings. The molecule has 0 bridgehead atoms. The molecule has 5 nitrogen and oxygen atoms in total. The summed E-state index contributed by atoms with van der Waals surface area (Å²) in [6, 6.07) is 7.57. The SMILES string of the molecule is CCC(=O)OC(=O)N(O)Cc1ccccc1CC(C)C. The third-order valence-electron chi connectivity index (χ3n) is 2.77. The van der Waals surface area contributed by atoms with Crippen molar-refractivity contribution in [2.45, 2.75) is 40.2 Å². The summed E-state index contributed by atoms with van der Waals surface area (Å²) in [7, 11) is 0. The zero-order valence-corrected chi connectivity index (χ0v) is 12.1. The molecule has 0 radical (unpaired) electrons. The van der Waals surface area contributed by atoms with Crippen LogP contribution < -0.4 is 0 Å². The van der Waals surface area contributed by atoms with Crippen molar-refractivity contribution in [3.05, 3.63) is 35.4 Å². The van der Waals surface area contributed by atoms with Crippen molar-refractivity contribution in [1.82, 2.24) is 5.06 Å². The molecule has 0 aromatic heterocycles. The van der Waals surface area contributed by atoms with Gasteiger partial charge in [0.1, 0.15) is 0 Å². The predicted molar refractivity (Wildman–Crippen MR) is 74.1 cm³/mol. The second-order valence-electron chi connectivity index (χ2n) is 5.02. The number of hydrogen-bond donors (Lipinski definition) is 1. The highest BCUT2D eigenvalue weighted by molar-refractivity contribution is 5.83. The summed E-state index contributed by atoms with van der Waals surface area (Å²) in [4.78, 5) is 22.5. The van der Waals surface area contributed by atoms with Gasteiger partial charge in [-0.3, -0.25) is 10.0 Å². The van der Waals surface area contributed by atoms with Crippen LogP contribution in [0.25, 0.3) is 0 Å². The fourth-order valence-corrected chi connectivity index (χ4v) is 1.80. The Morgan fingerprint density at radius 3 is 2.40 bits per heavy atom. The van der Waals surface area contributed by atoms with Crippen LogP contribution in [0.15, 0.2) is 24.3 Å². The van der Waals surface area contributed by atoms with Gasteiger partial charge in [0.25, 0.3) is 0 Å². The lowest BCUT2D eigenvalue weighted by molar-refractivity contribution is -0.144. The molecule has 0 fully saturated rings. The van der Waals surface area contributed by atoms with E-state index in [1.807, 2.05) is 24.3 Å². The molecule has 0 heterocycles. The third-order valence-corrected chi connectivity index (χ3v) is 2.77. The first-order chi connectivity index (χ1) is 9.43. The molecule has 5 heteroatoms. The van der Waals surface area contributed by atoms with E-state index in [-0.39, 0.29) is 13.0 Å². The van der Waals surface area contributed by atoms with Crippen molar-refractivity contribution >= 4 is 12.1 Å². The molecule has 1 rings (SSSR count). The van der Waals surface area contributed by atoms with E-state index in [0.717, 1.165) is 17.5 Å². The molecule has 0 saturated carbocycles. The van der Waals surface area contributed by atoms with Crippen LogP contribution in [0, 0.1) is 5.92 Å². The lowest BCUT2D eigenvalue weighted by Crippen LogP contribution is -2.29. The van der Waals surface area contributed by atoms with E-state index in [1.165, 1.54) is 0 Å². The van der Waals surface area contributed by atoms with Gasteiger partial charge in [0.05, 0.1) is 6.54 Å². The summed E-state index contributed by atoms with van der Waals surface area (Å²) in [5.74, 6) is -0.193. The van der Waals surface area contributed by atoms with Gasteiger partial charge in [0, 0.05) is 6.42 Å². The maximum Gasteiger partial charge on any atom is 0.441 e. The van der Waals surface area contributed by atoms with Crippen molar-refractivity contribution in [2.24, 2.45) is 5.92 Å². The highest BCUT2D eigenvalue weighted by Crippen LogP contribution is 2.15. The molecular formula is C15H21NO4. The van der Waals surface area contributed by atoms with Gasteiger partial charge in [0.15, 0.2) is 0 Å². The number of benzene rings is 1. The minimum Gasteiger partial charge on any atom is -0.375 e. The highest BCUT2D eigenvalue weighted by atomic mass is 16.6. The van der Waals surface area contributed by atoms with Gasteiger partial charge in [-0.2, -0.15) is 5.06 Å². The summed E-state index contributed by atoms with van der Waals surface area (Å²) in [6.45, 7) is 5.78. The third kappa shape index (κ3) is 5.01. The summed E-state index contributed by atoms with van der Waals surface area (Å²) in [5.41, 5.74) is 1.90. The maximum absolute atomic E-state index is 11.5. The Morgan fingerprint density at radius 1 is 1.25 bits per heavy atom. The lowest BCUT2D eigenvalue weighted by atomic mass is 9.98. The van der Waals surface area contributed by atoms with Crippen molar-refractivity contribution in [3.8, 4) is 0 Å². The number of carbonyl (C=O) groups excluding carboxylic acids is 2. The van der Waals surface area contributed by atoms with Crippen LogP contribution in [-0.4, -0.2) is 22.3 Å². The minimum atomic E-state index is -1.05. The smallest absolute Gasteiger partial charge is 0.375 e. The van der Waals surface area contributed by atoms with Crippen LogP contribution in [0.2, 0.25) is 0 Å². The largest absolute Gasteiger partial charge is 0.441 e. The van der Waals surface area contributed by atoms with E-state index in [2.05, 4.69) is 18.6 Å². The van der Waals surface area contributed by atoms with E-state index >= 15 is 0 Å². The number of ether oxygens (including phenoxy) is 1. The molecule has 0 atom stereocenters. The quantitative estimate of drug-likeness (QED) is 0.389. The molecular weight excluding hydrogens is 258 g/mol. The van der Waals surface area contributed by atoms with Gasteiger partial charge in [-0.1, -0.05) is 45.0 Å². The molecule has 0 aliphatic heterocycles. The van der Waals surface area contributed by atoms with Crippen molar-refractivity contribution in [3.63, 3.8) is 0 Å². The van der Waals surface area contributed by atoms with Crippen molar-refractivity contribution < 1.29 is 19.5 Å². The van der Waals surface area contributed by atoms with Gasteiger partial charge in [-0.15, -0.1) is 0 Å². The topological polar surface area (TPSA) is 66.8 Å². The van der Waals surface area contributed by atoms with Gasteiger partial charge < -0.3 is 4.74 Å². The van der Waals surface area contributed by atoms with Gasteiger partial charge >= 0.3 is 12.1 Å². The first-order valence-corrected chi connectivity index (χ1v) is 6.71.